The van der Waals surface area contributed by atoms with Crippen molar-refractivity contribution in [3.05, 3.63) is 41.5 Å². The van der Waals surface area contributed by atoms with Crippen LogP contribution in [0.3, 0.4) is 0 Å². The highest BCUT2D eigenvalue weighted by atomic mass is 19.1. The molecule has 0 heterocycles. The van der Waals surface area contributed by atoms with E-state index in [9.17, 15) is 13.6 Å². The Balaban J connectivity index is 2.67. The lowest BCUT2D eigenvalue weighted by Crippen LogP contribution is -1.97. The van der Waals surface area contributed by atoms with Crippen LogP contribution in [0.1, 0.15) is 12.5 Å². The van der Waals surface area contributed by atoms with E-state index in [4.69, 9.17) is 0 Å². The molecule has 0 aliphatic rings. The van der Waals surface area contributed by atoms with Gasteiger partial charge in [0.1, 0.15) is 18.2 Å². The SMILES string of the molecule is CC(=O)OC/C=C/c1c(F)cccc1F. The molecule has 80 valence electrons. The maximum absolute atomic E-state index is 13.0. The van der Waals surface area contributed by atoms with Gasteiger partial charge in [-0.15, -0.1) is 0 Å². The Labute approximate surface area is 86.2 Å². The minimum atomic E-state index is -0.644. The molecule has 0 unspecified atom stereocenters. The Morgan fingerprint density at radius 3 is 2.53 bits per heavy atom. The van der Waals surface area contributed by atoms with Gasteiger partial charge < -0.3 is 4.74 Å². The summed E-state index contributed by atoms with van der Waals surface area (Å²) in [6.45, 7) is 1.26. The van der Waals surface area contributed by atoms with E-state index < -0.39 is 17.6 Å². The van der Waals surface area contributed by atoms with Crippen LogP contribution in [0.4, 0.5) is 8.78 Å². The highest BCUT2D eigenvalue weighted by Gasteiger charge is 2.03. The van der Waals surface area contributed by atoms with Crippen LogP contribution in [0.15, 0.2) is 24.3 Å². The summed E-state index contributed by atoms with van der Waals surface area (Å²) in [6.07, 6.45) is 2.62. The van der Waals surface area contributed by atoms with Crippen molar-refractivity contribution in [1.82, 2.24) is 0 Å². The first-order chi connectivity index (χ1) is 7.11. The first kappa shape index (κ1) is 11.4. The van der Waals surface area contributed by atoms with E-state index in [1.165, 1.54) is 25.1 Å². The molecule has 0 amide bonds. The molecule has 1 aromatic carbocycles. The Hall–Kier alpha value is -1.71. The zero-order valence-corrected chi connectivity index (χ0v) is 8.17. The van der Waals surface area contributed by atoms with E-state index in [1.54, 1.807) is 0 Å². The molecule has 0 fully saturated rings. The highest BCUT2D eigenvalue weighted by molar-refractivity contribution is 5.66. The van der Waals surface area contributed by atoms with Gasteiger partial charge in [0, 0.05) is 12.5 Å². The molecule has 15 heavy (non-hydrogen) atoms. The largest absolute Gasteiger partial charge is 0.462 e. The van der Waals surface area contributed by atoms with Crippen LogP contribution in [-0.2, 0) is 9.53 Å². The molecule has 1 aromatic rings. The van der Waals surface area contributed by atoms with E-state index in [-0.39, 0.29) is 12.2 Å². The lowest BCUT2D eigenvalue weighted by molar-refractivity contribution is -0.139. The standard InChI is InChI=1S/C11H10F2O2/c1-8(14)15-7-3-4-9-10(12)5-2-6-11(9)13/h2-6H,7H2,1H3/b4-3+. The zero-order chi connectivity index (χ0) is 11.3. The average molecular weight is 212 g/mol. The summed E-state index contributed by atoms with van der Waals surface area (Å²) < 4.78 is 30.6. The molecule has 0 atom stereocenters. The highest BCUT2D eigenvalue weighted by Crippen LogP contribution is 2.13. The molecule has 0 N–H and O–H groups in total. The maximum atomic E-state index is 13.0. The van der Waals surface area contributed by atoms with Gasteiger partial charge in [-0.1, -0.05) is 6.07 Å². The summed E-state index contributed by atoms with van der Waals surface area (Å²) >= 11 is 0. The molecule has 0 aliphatic heterocycles. The second-order valence-corrected chi connectivity index (χ2v) is 2.84. The number of rotatable bonds is 3. The molecule has 2 nitrogen and oxygen atoms in total. The van der Waals surface area contributed by atoms with E-state index in [1.807, 2.05) is 0 Å². The number of hydrogen-bond acceptors (Lipinski definition) is 2. The second kappa shape index (κ2) is 5.24. The van der Waals surface area contributed by atoms with E-state index >= 15 is 0 Å². The molecule has 0 bridgehead atoms. The van der Waals surface area contributed by atoms with Crippen molar-refractivity contribution >= 4 is 12.0 Å². The van der Waals surface area contributed by atoms with Gasteiger partial charge in [-0.05, 0) is 24.3 Å². The third-order valence-electron chi connectivity index (χ3n) is 1.67. The number of carbonyl (C=O) groups is 1. The lowest BCUT2D eigenvalue weighted by atomic mass is 10.2. The molecular formula is C11H10F2O2. The van der Waals surface area contributed by atoms with Crippen LogP contribution < -0.4 is 0 Å². The van der Waals surface area contributed by atoms with E-state index in [2.05, 4.69) is 4.74 Å². The maximum Gasteiger partial charge on any atom is 0.302 e. The number of carbonyl (C=O) groups excluding carboxylic acids is 1. The van der Waals surface area contributed by atoms with Gasteiger partial charge in [0.25, 0.3) is 0 Å². The van der Waals surface area contributed by atoms with Crippen molar-refractivity contribution in [1.29, 1.82) is 0 Å². The molecule has 0 saturated heterocycles. The van der Waals surface area contributed by atoms with Crippen LogP contribution in [0.5, 0.6) is 0 Å². The predicted molar refractivity (Wildman–Crippen MR) is 52.0 cm³/mol. The summed E-state index contributed by atoms with van der Waals surface area (Å²) in [5.74, 6) is -1.73. The molecule has 0 radical (unpaired) electrons. The smallest absolute Gasteiger partial charge is 0.302 e. The quantitative estimate of drug-likeness (QED) is 0.719. The molecule has 0 saturated carbocycles. The van der Waals surface area contributed by atoms with Gasteiger partial charge >= 0.3 is 5.97 Å². The molecule has 4 heteroatoms. The fourth-order valence-electron chi connectivity index (χ4n) is 1.00. The van der Waals surface area contributed by atoms with Gasteiger partial charge in [-0.2, -0.15) is 0 Å². The van der Waals surface area contributed by atoms with Crippen molar-refractivity contribution in [2.45, 2.75) is 6.92 Å². The van der Waals surface area contributed by atoms with Gasteiger partial charge in [0.05, 0.1) is 0 Å². The number of esters is 1. The molecule has 1 rings (SSSR count). The van der Waals surface area contributed by atoms with Crippen LogP contribution in [-0.4, -0.2) is 12.6 Å². The number of halogens is 2. The first-order valence-corrected chi connectivity index (χ1v) is 4.35. The van der Waals surface area contributed by atoms with Crippen molar-refractivity contribution in [3.63, 3.8) is 0 Å². The number of benzene rings is 1. The average Bonchev–Trinajstić information content (AvgIpc) is 2.15. The van der Waals surface area contributed by atoms with Crippen molar-refractivity contribution < 1.29 is 18.3 Å². The van der Waals surface area contributed by atoms with Crippen LogP contribution in [0, 0.1) is 11.6 Å². The number of hydrogen-bond donors (Lipinski definition) is 0. The molecule has 0 aromatic heterocycles. The third-order valence-corrected chi connectivity index (χ3v) is 1.67. The van der Waals surface area contributed by atoms with Crippen molar-refractivity contribution in [3.8, 4) is 0 Å². The van der Waals surface area contributed by atoms with Gasteiger partial charge in [0.15, 0.2) is 0 Å². The summed E-state index contributed by atoms with van der Waals surface area (Å²) in [4.78, 5) is 10.4. The summed E-state index contributed by atoms with van der Waals surface area (Å²) in [5.41, 5.74) is -0.135. The minimum absolute atomic E-state index is 0.00308. The fourth-order valence-corrected chi connectivity index (χ4v) is 1.00. The van der Waals surface area contributed by atoms with Crippen LogP contribution >= 0.6 is 0 Å². The predicted octanol–water partition coefficient (Wildman–Crippen LogP) is 2.54. The molecule has 0 aliphatic carbocycles. The summed E-state index contributed by atoms with van der Waals surface area (Å²) in [5, 5.41) is 0. The Bertz CT molecular complexity index is 366. The van der Waals surface area contributed by atoms with E-state index in [0.29, 0.717) is 0 Å². The van der Waals surface area contributed by atoms with Gasteiger partial charge in [-0.25, -0.2) is 8.78 Å². The van der Waals surface area contributed by atoms with Crippen molar-refractivity contribution in [2.24, 2.45) is 0 Å². The van der Waals surface area contributed by atoms with Crippen LogP contribution in [0.25, 0.3) is 6.08 Å². The third kappa shape index (κ3) is 3.50. The minimum Gasteiger partial charge on any atom is -0.462 e. The summed E-state index contributed by atoms with van der Waals surface area (Å²) in [7, 11) is 0. The Morgan fingerprint density at radius 1 is 1.40 bits per heavy atom. The topological polar surface area (TPSA) is 26.3 Å². The summed E-state index contributed by atoms with van der Waals surface area (Å²) in [6, 6.07) is 3.61. The van der Waals surface area contributed by atoms with Gasteiger partial charge in [0.2, 0.25) is 0 Å². The Morgan fingerprint density at radius 2 is 2.00 bits per heavy atom. The lowest BCUT2D eigenvalue weighted by Gasteiger charge is -1.98. The van der Waals surface area contributed by atoms with Crippen molar-refractivity contribution in [2.75, 3.05) is 6.61 Å². The van der Waals surface area contributed by atoms with E-state index in [0.717, 1.165) is 12.1 Å². The fraction of sp³-hybridized carbons (Fsp3) is 0.182. The molecular weight excluding hydrogens is 202 g/mol. The normalized spacial score (nSPS) is 10.6. The number of ether oxygens (including phenoxy) is 1. The van der Waals surface area contributed by atoms with Gasteiger partial charge in [-0.3, -0.25) is 4.79 Å². The molecule has 0 spiro atoms. The monoisotopic (exact) mass is 212 g/mol. The second-order valence-electron chi connectivity index (χ2n) is 2.84. The Kier molecular flexibility index (Phi) is 3.97. The van der Waals surface area contributed by atoms with Crippen LogP contribution in [0.2, 0.25) is 0 Å². The zero-order valence-electron chi connectivity index (χ0n) is 8.17. The first-order valence-electron chi connectivity index (χ1n) is 4.35.